The van der Waals surface area contributed by atoms with Crippen LogP contribution in [-0.4, -0.2) is 15.6 Å². The van der Waals surface area contributed by atoms with Crippen LogP contribution in [0.4, 0.5) is 0 Å². The first-order chi connectivity index (χ1) is 8.56. The van der Waals surface area contributed by atoms with Gasteiger partial charge in [-0.15, -0.1) is 0 Å². The maximum Gasteiger partial charge on any atom is 0.158 e. The van der Waals surface area contributed by atoms with E-state index >= 15 is 0 Å². The molecule has 0 bridgehead atoms. The van der Waals surface area contributed by atoms with Crippen molar-refractivity contribution in [1.82, 2.24) is 9.78 Å². The Balaban J connectivity index is 2.08. The summed E-state index contributed by atoms with van der Waals surface area (Å²) in [5.41, 5.74) is 7.50. The minimum absolute atomic E-state index is 0.0507. The van der Waals surface area contributed by atoms with Crippen molar-refractivity contribution in [2.24, 2.45) is 12.8 Å². The molecule has 2 rings (SSSR count). The second-order valence-electron chi connectivity index (χ2n) is 4.20. The van der Waals surface area contributed by atoms with Crippen molar-refractivity contribution in [3.63, 3.8) is 0 Å². The standard InChI is InChI=1S/C13H14ClN3O/c1-17-8-10(7-16-17)13(15)12(18)6-9-3-2-4-11(14)5-9/h2-5,7-8,13H,6,15H2,1H3. The fourth-order valence-corrected chi connectivity index (χ4v) is 1.96. The first-order valence-corrected chi connectivity index (χ1v) is 5.95. The number of nitrogens with two attached hydrogens (primary N) is 1. The molecule has 0 aliphatic carbocycles. The van der Waals surface area contributed by atoms with Crippen molar-refractivity contribution in [1.29, 1.82) is 0 Å². The van der Waals surface area contributed by atoms with Gasteiger partial charge in [0.25, 0.3) is 0 Å². The smallest absolute Gasteiger partial charge is 0.158 e. The summed E-state index contributed by atoms with van der Waals surface area (Å²) in [4.78, 5) is 12.0. The molecule has 5 heteroatoms. The Morgan fingerprint density at radius 3 is 2.94 bits per heavy atom. The number of halogens is 1. The lowest BCUT2D eigenvalue weighted by atomic mass is 10.0. The predicted molar refractivity (Wildman–Crippen MR) is 70.3 cm³/mol. The Kier molecular flexibility index (Phi) is 3.79. The van der Waals surface area contributed by atoms with Gasteiger partial charge in [0, 0.05) is 30.3 Å². The number of hydrogen-bond acceptors (Lipinski definition) is 3. The summed E-state index contributed by atoms with van der Waals surface area (Å²) in [5.74, 6) is -0.0507. The molecule has 0 amide bonds. The van der Waals surface area contributed by atoms with Gasteiger partial charge in [-0.1, -0.05) is 23.7 Å². The summed E-state index contributed by atoms with van der Waals surface area (Å²) in [5, 5.41) is 4.63. The van der Waals surface area contributed by atoms with Crippen molar-refractivity contribution in [2.45, 2.75) is 12.5 Å². The lowest BCUT2D eigenvalue weighted by molar-refractivity contribution is -0.119. The number of carbonyl (C=O) groups excluding carboxylic acids is 1. The van der Waals surface area contributed by atoms with E-state index in [1.807, 2.05) is 12.1 Å². The highest BCUT2D eigenvalue weighted by atomic mass is 35.5. The van der Waals surface area contributed by atoms with Gasteiger partial charge >= 0.3 is 0 Å². The molecule has 0 saturated carbocycles. The van der Waals surface area contributed by atoms with Gasteiger partial charge in [-0.2, -0.15) is 5.10 Å². The zero-order chi connectivity index (χ0) is 13.1. The van der Waals surface area contributed by atoms with Crippen LogP contribution < -0.4 is 5.73 Å². The van der Waals surface area contributed by atoms with E-state index < -0.39 is 6.04 Å². The fourth-order valence-electron chi connectivity index (χ4n) is 1.74. The number of hydrogen-bond donors (Lipinski definition) is 1. The quantitative estimate of drug-likeness (QED) is 0.916. The summed E-state index contributed by atoms with van der Waals surface area (Å²) in [6, 6.07) is 6.59. The van der Waals surface area contributed by atoms with Gasteiger partial charge in [0.1, 0.15) is 0 Å². The second-order valence-corrected chi connectivity index (χ2v) is 4.63. The van der Waals surface area contributed by atoms with Crippen LogP contribution in [0.5, 0.6) is 0 Å². The monoisotopic (exact) mass is 263 g/mol. The molecule has 0 fully saturated rings. The number of rotatable bonds is 4. The highest BCUT2D eigenvalue weighted by Gasteiger charge is 2.17. The molecule has 1 atom stereocenters. The molecule has 0 aliphatic heterocycles. The third-order valence-corrected chi connectivity index (χ3v) is 2.93. The zero-order valence-corrected chi connectivity index (χ0v) is 10.8. The maximum atomic E-state index is 12.0. The molecule has 1 aromatic heterocycles. The molecular weight excluding hydrogens is 250 g/mol. The normalized spacial score (nSPS) is 12.4. The molecule has 0 aliphatic rings. The number of Topliss-reactive ketones (excluding diaryl/α,β-unsaturated/α-hetero) is 1. The van der Waals surface area contributed by atoms with Crippen molar-refractivity contribution in [2.75, 3.05) is 0 Å². The van der Waals surface area contributed by atoms with Crippen molar-refractivity contribution < 1.29 is 4.79 Å². The number of benzene rings is 1. The molecule has 0 spiro atoms. The predicted octanol–water partition coefficient (Wildman–Crippen LogP) is 1.89. The Morgan fingerprint density at radius 2 is 2.33 bits per heavy atom. The Morgan fingerprint density at radius 1 is 1.56 bits per heavy atom. The molecule has 2 aromatic rings. The van der Waals surface area contributed by atoms with Crippen LogP contribution in [0.3, 0.4) is 0 Å². The van der Waals surface area contributed by atoms with Gasteiger partial charge in [-0.05, 0) is 17.7 Å². The van der Waals surface area contributed by atoms with E-state index in [-0.39, 0.29) is 12.2 Å². The summed E-state index contributed by atoms with van der Waals surface area (Å²) in [6.45, 7) is 0. The summed E-state index contributed by atoms with van der Waals surface area (Å²) in [6.07, 6.45) is 3.64. The Hall–Kier alpha value is -1.65. The van der Waals surface area contributed by atoms with E-state index in [2.05, 4.69) is 5.10 Å². The first kappa shape index (κ1) is 12.8. The first-order valence-electron chi connectivity index (χ1n) is 5.57. The highest BCUT2D eigenvalue weighted by molar-refractivity contribution is 6.30. The van der Waals surface area contributed by atoms with Crippen LogP contribution >= 0.6 is 11.6 Å². The van der Waals surface area contributed by atoms with E-state index in [0.29, 0.717) is 5.02 Å². The third kappa shape index (κ3) is 2.97. The highest BCUT2D eigenvalue weighted by Crippen LogP contribution is 2.15. The van der Waals surface area contributed by atoms with Crippen molar-refractivity contribution in [3.05, 3.63) is 52.8 Å². The van der Waals surface area contributed by atoms with E-state index in [9.17, 15) is 4.79 Å². The van der Waals surface area contributed by atoms with Crippen LogP contribution in [-0.2, 0) is 18.3 Å². The molecule has 18 heavy (non-hydrogen) atoms. The van der Waals surface area contributed by atoms with E-state index in [0.717, 1.165) is 11.1 Å². The number of ketones is 1. The maximum absolute atomic E-state index is 12.0. The van der Waals surface area contributed by atoms with Gasteiger partial charge in [-0.3, -0.25) is 9.48 Å². The van der Waals surface area contributed by atoms with Gasteiger partial charge < -0.3 is 5.73 Å². The number of nitrogens with zero attached hydrogens (tertiary/aromatic N) is 2. The van der Waals surface area contributed by atoms with Crippen LogP contribution in [0.25, 0.3) is 0 Å². The molecule has 4 nitrogen and oxygen atoms in total. The van der Waals surface area contributed by atoms with Crippen molar-refractivity contribution >= 4 is 17.4 Å². The average molecular weight is 264 g/mol. The Bertz CT molecular complexity index is 565. The Labute approximate surface area is 110 Å². The molecule has 1 aromatic carbocycles. The number of aromatic nitrogens is 2. The van der Waals surface area contributed by atoms with E-state index in [1.165, 1.54) is 0 Å². The van der Waals surface area contributed by atoms with Gasteiger partial charge in [-0.25, -0.2) is 0 Å². The largest absolute Gasteiger partial charge is 0.318 e. The topological polar surface area (TPSA) is 60.9 Å². The molecular formula is C13H14ClN3O. The van der Waals surface area contributed by atoms with Gasteiger partial charge in [0.05, 0.1) is 12.2 Å². The van der Waals surface area contributed by atoms with Crippen molar-refractivity contribution in [3.8, 4) is 0 Å². The number of aryl methyl sites for hydroxylation is 1. The summed E-state index contributed by atoms with van der Waals surface area (Å²) >= 11 is 5.87. The summed E-state index contributed by atoms with van der Waals surface area (Å²) in [7, 11) is 1.79. The molecule has 2 N–H and O–H groups in total. The molecule has 94 valence electrons. The van der Waals surface area contributed by atoms with Crippen LogP contribution in [0.15, 0.2) is 36.7 Å². The molecule has 1 unspecified atom stereocenters. The minimum atomic E-state index is -0.641. The van der Waals surface area contributed by atoms with Gasteiger partial charge in [0.15, 0.2) is 5.78 Å². The van der Waals surface area contributed by atoms with Crippen LogP contribution in [0, 0.1) is 0 Å². The fraction of sp³-hybridized carbons (Fsp3) is 0.231. The average Bonchev–Trinajstić information content (AvgIpc) is 2.75. The van der Waals surface area contributed by atoms with E-state index in [4.69, 9.17) is 17.3 Å². The third-order valence-electron chi connectivity index (χ3n) is 2.70. The lowest BCUT2D eigenvalue weighted by Gasteiger charge is -2.08. The second kappa shape index (κ2) is 5.33. The number of carbonyl (C=O) groups is 1. The molecule has 0 saturated heterocycles. The SMILES string of the molecule is Cn1cc(C(N)C(=O)Cc2cccc(Cl)c2)cn1. The lowest BCUT2D eigenvalue weighted by Crippen LogP contribution is -2.22. The van der Waals surface area contributed by atoms with Gasteiger partial charge in [0.2, 0.25) is 0 Å². The zero-order valence-electron chi connectivity index (χ0n) is 10.0. The van der Waals surface area contributed by atoms with E-state index in [1.54, 1.807) is 36.3 Å². The minimum Gasteiger partial charge on any atom is -0.318 e. The molecule has 0 radical (unpaired) electrons. The molecule has 1 heterocycles. The van der Waals surface area contributed by atoms with Crippen LogP contribution in [0.1, 0.15) is 17.2 Å². The summed E-state index contributed by atoms with van der Waals surface area (Å²) < 4.78 is 1.63. The van der Waals surface area contributed by atoms with Crippen LogP contribution in [0.2, 0.25) is 5.02 Å².